The van der Waals surface area contributed by atoms with Crippen LogP contribution < -0.4 is 5.32 Å². The van der Waals surface area contributed by atoms with Crippen molar-refractivity contribution in [3.8, 4) is 0 Å². The van der Waals surface area contributed by atoms with Gasteiger partial charge in [-0.15, -0.1) is 0 Å². The molecule has 0 heterocycles. The van der Waals surface area contributed by atoms with Gasteiger partial charge in [-0.25, -0.2) is 0 Å². The van der Waals surface area contributed by atoms with Crippen LogP contribution in [0.25, 0.3) is 0 Å². The van der Waals surface area contributed by atoms with Crippen molar-refractivity contribution in [1.82, 2.24) is 5.32 Å². The summed E-state index contributed by atoms with van der Waals surface area (Å²) in [4.78, 5) is 0. The zero-order chi connectivity index (χ0) is 10.4. The molecule has 1 aliphatic carbocycles. The maximum absolute atomic E-state index is 5.76. The van der Waals surface area contributed by atoms with Crippen molar-refractivity contribution in [2.75, 3.05) is 6.61 Å². The van der Waals surface area contributed by atoms with Crippen LogP contribution in [-0.4, -0.2) is 24.8 Å². The Bertz CT molecular complexity index is 139. The summed E-state index contributed by atoms with van der Waals surface area (Å²) in [5, 5.41) is 3.60. The lowest BCUT2D eigenvalue weighted by Crippen LogP contribution is -2.39. The second kappa shape index (κ2) is 6.41. The molecule has 84 valence electrons. The fraction of sp³-hybridized carbons (Fsp3) is 1.00. The summed E-state index contributed by atoms with van der Waals surface area (Å²) in [6.45, 7) is 7.55. The Morgan fingerprint density at radius 2 is 1.86 bits per heavy atom. The number of ether oxygens (including phenoxy) is 1. The number of hydrogen-bond donors (Lipinski definition) is 1. The standard InChI is InChI=1S/C12H25NO/c1-4-9-14-12-7-5-11(6-8-12)13-10(2)3/h10-13H,4-9H2,1-3H3. The van der Waals surface area contributed by atoms with E-state index in [1.807, 2.05) is 0 Å². The molecule has 0 aromatic heterocycles. The van der Waals surface area contributed by atoms with E-state index in [0.29, 0.717) is 12.1 Å². The maximum atomic E-state index is 5.76. The van der Waals surface area contributed by atoms with Gasteiger partial charge in [0.25, 0.3) is 0 Å². The third-order valence-electron chi connectivity index (χ3n) is 2.80. The molecule has 0 aromatic carbocycles. The smallest absolute Gasteiger partial charge is 0.0576 e. The average molecular weight is 199 g/mol. The second-order valence-electron chi connectivity index (χ2n) is 4.67. The summed E-state index contributed by atoms with van der Waals surface area (Å²) >= 11 is 0. The first kappa shape index (κ1) is 12.0. The monoisotopic (exact) mass is 199 g/mol. The van der Waals surface area contributed by atoms with E-state index in [9.17, 15) is 0 Å². The molecule has 2 heteroatoms. The van der Waals surface area contributed by atoms with Crippen molar-refractivity contribution >= 4 is 0 Å². The van der Waals surface area contributed by atoms with Crippen LogP contribution in [0, 0.1) is 0 Å². The molecule has 0 spiro atoms. The molecule has 0 aromatic rings. The molecule has 14 heavy (non-hydrogen) atoms. The maximum Gasteiger partial charge on any atom is 0.0576 e. The highest BCUT2D eigenvalue weighted by atomic mass is 16.5. The Hall–Kier alpha value is -0.0800. The molecule has 0 atom stereocenters. The Balaban J connectivity index is 2.11. The van der Waals surface area contributed by atoms with Crippen molar-refractivity contribution in [3.63, 3.8) is 0 Å². The SMILES string of the molecule is CCCOC1CCC(NC(C)C)CC1. The van der Waals surface area contributed by atoms with E-state index in [0.717, 1.165) is 19.1 Å². The molecule has 1 N–H and O–H groups in total. The van der Waals surface area contributed by atoms with Crippen molar-refractivity contribution in [3.05, 3.63) is 0 Å². The van der Waals surface area contributed by atoms with Crippen LogP contribution >= 0.6 is 0 Å². The number of nitrogens with one attached hydrogen (secondary N) is 1. The first-order chi connectivity index (χ1) is 6.72. The Morgan fingerprint density at radius 1 is 1.21 bits per heavy atom. The molecule has 1 fully saturated rings. The van der Waals surface area contributed by atoms with E-state index in [4.69, 9.17) is 4.74 Å². The molecule has 0 radical (unpaired) electrons. The fourth-order valence-electron chi connectivity index (χ4n) is 2.15. The van der Waals surface area contributed by atoms with Gasteiger partial charge >= 0.3 is 0 Å². The zero-order valence-corrected chi connectivity index (χ0v) is 9.88. The third kappa shape index (κ3) is 4.43. The summed E-state index contributed by atoms with van der Waals surface area (Å²) in [7, 11) is 0. The minimum Gasteiger partial charge on any atom is -0.378 e. The molecule has 0 bridgehead atoms. The molecular weight excluding hydrogens is 174 g/mol. The van der Waals surface area contributed by atoms with E-state index in [-0.39, 0.29) is 0 Å². The minimum absolute atomic E-state index is 0.542. The van der Waals surface area contributed by atoms with Crippen LogP contribution in [-0.2, 0) is 4.74 Å². The predicted octanol–water partition coefficient (Wildman–Crippen LogP) is 2.72. The molecule has 0 amide bonds. The Kier molecular flexibility index (Phi) is 5.49. The van der Waals surface area contributed by atoms with Gasteiger partial charge in [-0.3, -0.25) is 0 Å². The molecule has 0 saturated heterocycles. The van der Waals surface area contributed by atoms with E-state index in [1.54, 1.807) is 0 Å². The molecule has 0 aliphatic heterocycles. The highest BCUT2D eigenvalue weighted by Crippen LogP contribution is 2.21. The lowest BCUT2D eigenvalue weighted by Gasteiger charge is -2.30. The summed E-state index contributed by atoms with van der Waals surface area (Å²) in [5.74, 6) is 0. The van der Waals surface area contributed by atoms with Crippen LogP contribution in [0.2, 0.25) is 0 Å². The quantitative estimate of drug-likeness (QED) is 0.735. The summed E-state index contributed by atoms with van der Waals surface area (Å²) < 4.78 is 5.76. The molecule has 1 aliphatic rings. The fourth-order valence-corrected chi connectivity index (χ4v) is 2.15. The van der Waals surface area contributed by atoms with Gasteiger partial charge < -0.3 is 10.1 Å². The van der Waals surface area contributed by atoms with Gasteiger partial charge in [-0.1, -0.05) is 20.8 Å². The topological polar surface area (TPSA) is 21.3 Å². The van der Waals surface area contributed by atoms with E-state index in [1.165, 1.54) is 25.7 Å². The van der Waals surface area contributed by atoms with Crippen molar-refractivity contribution in [2.24, 2.45) is 0 Å². The van der Waals surface area contributed by atoms with Crippen LogP contribution in [0.3, 0.4) is 0 Å². The van der Waals surface area contributed by atoms with Crippen LogP contribution in [0.5, 0.6) is 0 Å². The second-order valence-corrected chi connectivity index (χ2v) is 4.67. The van der Waals surface area contributed by atoms with Gasteiger partial charge in [0.15, 0.2) is 0 Å². The highest BCUT2D eigenvalue weighted by Gasteiger charge is 2.21. The van der Waals surface area contributed by atoms with E-state index < -0.39 is 0 Å². The third-order valence-corrected chi connectivity index (χ3v) is 2.80. The Morgan fingerprint density at radius 3 is 2.36 bits per heavy atom. The summed E-state index contributed by atoms with van der Waals surface area (Å²) in [6.07, 6.45) is 6.73. The van der Waals surface area contributed by atoms with Gasteiger partial charge in [-0.05, 0) is 32.1 Å². The minimum atomic E-state index is 0.542. The van der Waals surface area contributed by atoms with Gasteiger partial charge in [0.2, 0.25) is 0 Å². The molecular formula is C12H25NO. The van der Waals surface area contributed by atoms with E-state index in [2.05, 4.69) is 26.1 Å². The highest BCUT2D eigenvalue weighted by molar-refractivity contribution is 4.78. The lowest BCUT2D eigenvalue weighted by molar-refractivity contribution is 0.0223. The molecule has 1 rings (SSSR count). The van der Waals surface area contributed by atoms with E-state index >= 15 is 0 Å². The van der Waals surface area contributed by atoms with Crippen LogP contribution in [0.1, 0.15) is 52.9 Å². The average Bonchev–Trinajstić information content (AvgIpc) is 2.16. The van der Waals surface area contributed by atoms with Crippen LogP contribution in [0.4, 0.5) is 0 Å². The molecule has 2 nitrogen and oxygen atoms in total. The predicted molar refractivity (Wildman–Crippen MR) is 60.6 cm³/mol. The summed E-state index contributed by atoms with van der Waals surface area (Å²) in [6, 6.07) is 1.35. The number of hydrogen-bond acceptors (Lipinski definition) is 2. The first-order valence-electron chi connectivity index (χ1n) is 6.10. The van der Waals surface area contributed by atoms with Gasteiger partial charge in [0, 0.05) is 18.7 Å². The zero-order valence-electron chi connectivity index (χ0n) is 9.88. The normalized spacial score (nSPS) is 28.3. The largest absolute Gasteiger partial charge is 0.378 e. The van der Waals surface area contributed by atoms with Crippen molar-refractivity contribution in [2.45, 2.75) is 71.1 Å². The van der Waals surface area contributed by atoms with Crippen LogP contribution in [0.15, 0.2) is 0 Å². The molecule has 1 saturated carbocycles. The first-order valence-corrected chi connectivity index (χ1v) is 6.10. The molecule has 0 unspecified atom stereocenters. The van der Waals surface area contributed by atoms with Crippen molar-refractivity contribution < 1.29 is 4.74 Å². The summed E-state index contributed by atoms with van der Waals surface area (Å²) in [5.41, 5.74) is 0. The Labute approximate surface area is 88.4 Å². The lowest BCUT2D eigenvalue weighted by atomic mass is 9.92. The van der Waals surface area contributed by atoms with Gasteiger partial charge in [-0.2, -0.15) is 0 Å². The van der Waals surface area contributed by atoms with Gasteiger partial charge in [0.05, 0.1) is 6.10 Å². The van der Waals surface area contributed by atoms with Gasteiger partial charge in [0.1, 0.15) is 0 Å². The van der Waals surface area contributed by atoms with Crippen molar-refractivity contribution in [1.29, 1.82) is 0 Å². The number of rotatable bonds is 5.